The highest BCUT2D eigenvalue weighted by atomic mass is 79.9. The van der Waals surface area contributed by atoms with Gasteiger partial charge in [-0.3, -0.25) is 0 Å². The molecule has 0 radical (unpaired) electrons. The molecule has 0 spiro atoms. The Morgan fingerprint density at radius 1 is 1.25 bits per heavy atom. The summed E-state index contributed by atoms with van der Waals surface area (Å²) in [6.07, 6.45) is 6.31. The number of alkyl halides is 1. The second kappa shape index (κ2) is 5.31. The van der Waals surface area contributed by atoms with E-state index in [0.29, 0.717) is 10.7 Å². The van der Waals surface area contributed by atoms with Crippen LogP contribution >= 0.6 is 15.9 Å². The summed E-state index contributed by atoms with van der Waals surface area (Å²) in [5.41, 5.74) is 2.44. The third-order valence-corrected chi connectivity index (χ3v) is 4.36. The van der Waals surface area contributed by atoms with E-state index in [2.05, 4.69) is 15.9 Å². The fraction of sp³-hybridized carbons (Fsp3) is 0.571. The van der Waals surface area contributed by atoms with Crippen LogP contribution < -0.4 is 0 Å². The van der Waals surface area contributed by atoms with Crippen LogP contribution in [0.1, 0.15) is 49.1 Å². The van der Waals surface area contributed by atoms with Crippen molar-refractivity contribution < 1.29 is 4.39 Å². The third kappa shape index (κ3) is 2.85. The van der Waals surface area contributed by atoms with Gasteiger partial charge in [0, 0.05) is 4.83 Å². The third-order valence-electron chi connectivity index (χ3n) is 3.53. The van der Waals surface area contributed by atoms with E-state index in [9.17, 15) is 4.39 Å². The van der Waals surface area contributed by atoms with Crippen LogP contribution in [0.25, 0.3) is 0 Å². The highest BCUT2D eigenvalue weighted by Crippen LogP contribution is 2.36. The van der Waals surface area contributed by atoms with Crippen LogP contribution in [0.4, 0.5) is 4.39 Å². The molecule has 1 aliphatic rings. The van der Waals surface area contributed by atoms with Crippen LogP contribution in [0, 0.1) is 12.7 Å². The topological polar surface area (TPSA) is 0 Å². The molecule has 0 heterocycles. The van der Waals surface area contributed by atoms with Crippen molar-refractivity contribution >= 4 is 15.9 Å². The summed E-state index contributed by atoms with van der Waals surface area (Å²) >= 11 is 3.74. The minimum Gasteiger partial charge on any atom is -0.207 e. The molecule has 2 heteroatoms. The monoisotopic (exact) mass is 284 g/mol. The molecule has 2 unspecified atom stereocenters. The van der Waals surface area contributed by atoms with E-state index in [1.807, 2.05) is 13.0 Å². The van der Waals surface area contributed by atoms with Crippen molar-refractivity contribution in [1.29, 1.82) is 0 Å². The molecule has 0 amide bonds. The average molecular weight is 285 g/mol. The predicted octanol–water partition coefficient (Wildman–Crippen LogP) is 4.95. The summed E-state index contributed by atoms with van der Waals surface area (Å²) in [6.45, 7) is 2.02. The van der Waals surface area contributed by atoms with Crippen molar-refractivity contribution in [1.82, 2.24) is 0 Å². The van der Waals surface area contributed by atoms with Crippen molar-refractivity contribution in [3.8, 4) is 0 Å². The number of hydrogen-bond acceptors (Lipinski definition) is 0. The molecule has 1 fully saturated rings. The quantitative estimate of drug-likeness (QED) is 0.506. The van der Waals surface area contributed by atoms with Crippen LogP contribution in [0.5, 0.6) is 0 Å². The van der Waals surface area contributed by atoms with E-state index in [1.165, 1.54) is 37.7 Å². The standard InChI is InChI=1S/C14H18BrF/c1-10-8-13(16)6-7-14(10)11-4-2-3-5-12(15)9-11/h6-8,11-12H,2-5,9H2,1H3. The van der Waals surface area contributed by atoms with Gasteiger partial charge in [-0.25, -0.2) is 4.39 Å². The lowest BCUT2D eigenvalue weighted by atomic mass is 9.89. The molecular weight excluding hydrogens is 267 g/mol. The maximum atomic E-state index is 13.1. The average Bonchev–Trinajstić information content (AvgIpc) is 2.43. The van der Waals surface area contributed by atoms with Crippen LogP contribution in [-0.4, -0.2) is 4.83 Å². The molecule has 2 atom stereocenters. The molecule has 0 aliphatic heterocycles. The Morgan fingerprint density at radius 3 is 2.75 bits per heavy atom. The van der Waals surface area contributed by atoms with E-state index >= 15 is 0 Å². The summed E-state index contributed by atoms with van der Waals surface area (Å²) in [4.78, 5) is 0.629. The van der Waals surface area contributed by atoms with Crippen LogP contribution in [-0.2, 0) is 0 Å². The van der Waals surface area contributed by atoms with Crippen molar-refractivity contribution in [2.75, 3.05) is 0 Å². The predicted molar refractivity (Wildman–Crippen MR) is 69.7 cm³/mol. The van der Waals surface area contributed by atoms with Gasteiger partial charge in [-0.05, 0) is 55.4 Å². The zero-order chi connectivity index (χ0) is 11.5. The van der Waals surface area contributed by atoms with Crippen LogP contribution in [0.3, 0.4) is 0 Å². The van der Waals surface area contributed by atoms with Gasteiger partial charge in [-0.15, -0.1) is 0 Å². The molecule has 0 aromatic heterocycles. The number of hydrogen-bond donors (Lipinski definition) is 0. The van der Waals surface area contributed by atoms with Gasteiger partial charge < -0.3 is 0 Å². The first-order valence-corrected chi connectivity index (χ1v) is 6.98. The fourth-order valence-electron chi connectivity index (χ4n) is 2.68. The lowest BCUT2D eigenvalue weighted by Gasteiger charge is -2.19. The second-order valence-corrected chi connectivity index (χ2v) is 6.11. The van der Waals surface area contributed by atoms with Gasteiger partial charge >= 0.3 is 0 Å². The molecule has 2 rings (SSSR count). The van der Waals surface area contributed by atoms with E-state index in [1.54, 1.807) is 12.1 Å². The molecule has 1 aromatic rings. The molecule has 0 bridgehead atoms. The lowest BCUT2D eigenvalue weighted by Crippen LogP contribution is -2.05. The van der Waals surface area contributed by atoms with E-state index < -0.39 is 0 Å². The van der Waals surface area contributed by atoms with Crippen molar-refractivity contribution in [2.24, 2.45) is 0 Å². The maximum Gasteiger partial charge on any atom is 0.123 e. The normalized spacial score (nSPS) is 26.4. The van der Waals surface area contributed by atoms with Gasteiger partial charge in [0.25, 0.3) is 0 Å². The number of halogens is 2. The SMILES string of the molecule is Cc1cc(F)ccc1C1CCCCC(Br)C1. The number of rotatable bonds is 1. The number of aryl methyl sites for hydroxylation is 1. The maximum absolute atomic E-state index is 13.1. The molecule has 0 saturated heterocycles. The molecule has 1 aromatic carbocycles. The van der Waals surface area contributed by atoms with Crippen LogP contribution in [0.15, 0.2) is 18.2 Å². The van der Waals surface area contributed by atoms with Gasteiger partial charge in [0.1, 0.15) is 5.82 Å². The zero-order valence-corrected chi connectivity index (χ0v) is 11.3. The molecule has 1 aliphatic carbocycles. The largest absolute Gasteiger partial charge is 0.207 e. The summed E-state index contributed by atoms with van der Waals surface area (Å²) in [7, 11) is 0. The fourth-order valence-corrected chi connectivity index (χ4v) is 3.46. The molecule has 16 heavy (non-hydrogen) atoms. The lowest BCUT2D eigenvalue weighted by molar-refractivity contribution is 0.589. The molecule has 0 nitrogen and oxygen atoms in total. The Balaban J connectivity index is 2.21. The summed E-state index contributed by atoms with van der Waals surface area (Å²) in [5, 5.41) is 0. The minimum atomic E-state index is -0.120. The Hall–Kier alpha value is -0.370. The van der Waals surface area contributed by atoms with Gasteiger partial charge in [0.2, 0.25) is 0 Å². The van der Waals surface area contributed by atoms with E-state index in [-0.39, 0.29) is 5.82 Å². The Labute approximate surface area is 105 Å². The van der Waals surface area contributed by atoms with E-state index in [0.717, 1.165) is 5.56 Å². The first-order valence-electron chi connectivity index (χ1n) is 6.07. The summed E-state index contributed by atoms with van der Waals surface area (Å²) in [6, 6.07) is 5.22. The van der Waals surface area contributed by atoms with Gasteiger partial charge in [-0.1, -0.05) is 34.8 Å². The van der Waals surface area contributed by atoms with Crippen molar-refractivity contribution in [3.05, 3.63) is 35.1 Å². The first-order chi connectivity index (χ1) is 7.66. The highest BCUT2D eigenvalue weighted by molar-refractivity contribution is 9.09. The smallest absolute Gasteiger partial charge is 0.123 e. The minimum absolute atomic E-state index is 0.120. The zero-order valence-electron chi connectivity index (χ0n) is 9.68. The molecular formula is C14H18BrF. The van der Waals surface area contributed by atoms with Crippen molar-refractivity contribution in [3.63, 3.8) is 0 Å². The Bertz CT molecular complexity index is 362. The Morgan fingerprint density at radius 2 is 2.00 bits per heavy atom. The van der Waals surface area contributed by atoms with E-state index in [4.69, 9.17) is 0 Å². The van der Waals surface area contributed by atoms with Gasteiger partial charge in [0.05, 0.1) is 0 Å². The van der Waals surface area contributed by atoms with Gasteiger partial charge in [0.15, 0.2) is 0 Å². The van der Waals surface area contributed by atoms with Crippen molar-refractivity contribution in [2.45, 2.75) is 49.8 Å². The summed E-state index contributed by atoms with van der Waals surface area (Å²) < 4.78 is 13.1. The number of benzene rings is 1. The molecule has 1 saturated carbocycles. The van der Waals surface area contributed by atoms with Crippen LogP contribution in [0.2, 0.25) is 0 Å². The van der Waals surface area contributed by atoms with Gasteiger partial charge in [-0.2, -0.15) is 0 Å². The summed E-state index contributed by atoms with van der Waals surface area (Å²) in [5.74, 6) is 0.484. The first kappa shape index (κ1) is 12.1. The highest BCUT2D eigenvalue weighted by Gasteiger charge is 2.20. The second-order valence-electron chi connectivity index (χ2n) is 4.82. The molecule has 88 valence electrons. The molecule has 0 N–H and O–H groups in total. The Kier molecular flexibility index (Phi) is 4.01.